The third kappa shape index (κ3) is 51.9. The van der Waals surface area contributed by atoms with Gasteiger partial charge in [0.05, 0.1) is 0 Å². The van der Waals surface area contributed by atoms with Crippen LogP contribution in [-0.4, -0.2) is 37.2 Å². The van der Waals surface area contributed by atoms with Crippen LogP contribution in [0.2, 0.25) is 0 Å². The molecule has 0 aromatic heterocycles. The van der Waals surface area contributed by atoms with Gasteiger partial charge >= 0.3 is 17.9 Å². The SMILES string of the molecule is CCCCC/C=C\C/C=C\CCCCCCCCCCCC(=O)OC[C@H](COC(=O)CCCCCCC/C=C\C/C=C\CCCCC)OC(=O)CCCCCCC/C=C\CCCCCC. The molecule has 6 nitrogen and oxygen atoms in total. The van der Waals surface area contributed by atoms with Gasteiger partial charge < -0.3 is 14.2 Å². The number of hydrogen-bond donors (Lipinski definition) is 0. The molecule has 0 saturated carbocycles. The van der Waals surface area contributed by atoms with E-state index in [0.717, 1.165) is 96.3 Å². The molecule has 0 heterocycles. The Balaban J connectivity index is 4.37. The summed E-state index contributed by atoms with van der Waals surface area (Å²) < 4.78 is 16.8. The van der Waals surface area contributed by atoms with E-state index in [1.807, 2.05) is 0 Å². The third-order valence-electron chi connectivity index (χ3n) is 12.0. The first-order valence-electron chi connectivity index (χ1n) is 27.8. The summed E-state index contributed by atoms with van der Waals surface area (Å²) in [7, 11) is 0. The van der Waals surface area contributed by atoms with Crippen LogP contribution in [0, 0.1) is 0 Å². The van der Waals surface area contributed by atoms with E-state index in [1.54, 1.807) is 0 Å². The van der Waals surface area contributed by atoms with Gasteiger partial charge in [-0.15, -0.1) is 0 Å². The summed E-state index contributed by atoms with van der Waals surface area (Å²) in [5, 5.41) is 0. The molecule has 0 amide bonds. The summed E-state index contributed by atoms with van der Waals surface area (Å²) in [6, 6.07) is 0. The van der Waals surface area contributed by atoms with E-state index in [2.05, 4.69) is 81.5 Å². The monoisotopic (exact) mass is 909 g/mol. The normalized spacial score (nSPS) is 12.5. The molecule has 0 aromatic carbocycles. The summed E-state index contributed by atoms with van der Waals surface area (Å²) in [5.74, 6) is -0.903. The Hall–Kier alpha value is -2.89. The minimum atomic E-state index is -0.785. The van der Waals surface area contributed by atoms with Crippen molar-refractivity contribution in [1.82, 2.24) is 0 Å². The largest absolute Gasteiger partial charge is 0.462 e. The van der Waals surface area contributed by atoms with Crippen LogP contribution < -0.4 is 0 Å². The molecular formula is C59H104O6. The third-order valence-corrected chi connectivity index (χ3v) is 12.0. The van der Waals surface area contributed by atoms with E-state index < -0.39 is 6.10 Å². The number of allylic oxidation sites excluding steroid dienone is 10. The van der Waals surface area contributed by atoms with Gasteiger partial charge in [-0.3, -0.25) is 14.4 Å². The standard InChI is InChI=1S/C59H104O6/c1-4-7-10-13-16-19-22-25-27-28-29-30-32-35-37-40-43-46-49-52-58(61)64-55-56(65-59(62)53-50-47-44-41-38-33-24-21-18-15-12-9-6-3)54-63-57(60)51-48-45-42-39-36-34-31-26-23-20-17-14-11-8-5-2/h16-17,19-21,24-27,31,56H,4-15,18,22-23,28-30,32-55H2,1-3H3/b19-16-,20-17-,24-21-,27-25-,31-26-/t56-/m0/s1. The predicted molar refractivity (Wildman–Crippen MR) is 279 cm³/mol. The van der Waals surface area contributed by atoms with Crippen LogP contribution in [-0.2, 0) is 28.6 Å². The van der Waals surface area contributed by atoms with E-state index in [0.29, 0.717) is 19.3 Å². The maximum Gasteiger partial charge on any atom is 0.306 e. The summed E-state index contributed by atoms with van der Waals surface area (Å²) >= 11 is 0. The molecule has 6 heteroatoms. The summed E-state index contributed by atoms with van der Waals surface area (Å²) in [4.78, 5) is 38.1. The van der Waals surface area contributed by atoms with Crippen molar-refractivity contribution in [2.45, 2.75) is 284 Å². The lowest BCUT2D eigenvalue weighted by Gasteiger charge is -2.18. The molecule has 0 radical (unpaired) electrons. The fourth-order valence-corrected chi connectivity index (χ4v) is 7.73. The maximum absolute atomic E-state index is 12.8. The fraction of sp³-hybridized carbons (Fsp3) is 0.780. The average molecular weight is 909 g/mol. The molecular weight excluding hydrogens is 805 g/mol. The van der Waals surface area contributed by atoms with Crippen LogP contribution in [0.4, 0.5) is 0 Å². The van der Waals surface area contributed by atoms with Gasteiger partial charge in [0.2, 0.25) is 0 Å². The number of unbranched alkanes of at least 4 members (excludes halogenated alkanes) is 29. The molecule has 0 aliphatic carbocycles. The number of carbonyl (C=O) groups is 3. The fourth-order valence-electron chi connectivity index (χ4n) is 7.73. The van der Waals surface area contributed by atoms with Crippen molar-refractivity contribution in [1.29, 1.82) is 0 Å². The molecule has 0 fully saturated rings. The molecule has 0 saturated heterocycles. The number of hydrogen-bond acceptors (Lipinski definition) is 6. The lowest BCUT2D eigenvalue weighted by Crippen LogP contribution is -2.30. The molecule has 0 aliphatic heterocycles. The second-order valence-corrected chi connectivity index (χ2v) is 18.5. The molecule has 1 atom stereocenters. The van der Waals surface area contributed by atoms with Gasteiger partial charge in [-0.25, -0.2) is 0 Å². The number of ether oxygens (including phenoxy) is 3. The zero-order valence-electron chi connectivity index (χ0n) is 43.0. The molecule has 0 unspecified atom stereocenters. The van der Waals surface area contributed by atoms with Gasteiger partial charge in [0, 0.05) is 19.3 Å². The highest BCUT2D eigenvalue weighted by Gasteiger charge is 2.19. The van der Waals surface area contributed by atoms with Crippen molar-refractivity contribution >= 4 is 17.9 Å². The first-order valence-corrected chi connectivity index (χ1v) is 27.8. The Morgan fingerprint density at radius 3 is 0.892 bits per heavy atom. The van der Waals surface area contributed by atoms with Gasteiger partial charge in [0.1, 0.15) is 13.2 Å². The maximum atomic E-state index is 12.8. The highest BCUT2D eigenvalue weighted by molar-refractivity contribution is 5.71. The Morgan fingerprint density at radius 2 is 0.554 bits per heavy atom. The van der Waals surface area contributed by atoms with E-state index in [9.17, 15) is 14.4 Å². The van der Waals surface area contributed by atoms with Crippen LogP contribution in [0.1, 0.15) is 278 Å². The quantitative estimate of drug-likeness (QED) is 0.0262. The van der Waals surface area contributed by atoms with Crippen LogP contribution in [0.5, 0.6) is 0 Å². The van der Waals surface area contributed by atoms with Crippen LogP contribution in [0.15, 0.2) is 60.8 Å². The lowest BCUT2D eigenvalue weighted by atomic mass is 10.1. The molecule has 0 aliphatic rings. The van der Waals surface area contributed by atoms with Crippen LogP contribution >= 0.6 is 0 Å². The van der Waals surface area contributed by atoms with Crippen molar-refractivity contribution in [3.05, 3.63) is 60.8 Å². The van der Waals surface area contributed by atoms with Gasteiger partial charge in [0.15, 0.2) is 6.10 Å². The van der Waals surface area contributed by atoms with E-state index in [1.165, 1.54) is 141 Å². The second kappa shape index (κ2) is 53.7. The molecule has 0 bridgehead atoms. The minimum absolute atomic E-state index is 0.0837. The van der Waals surface area contributed by atoms with Gasteiger partial charge in [0.25, 0.3) is 0 Å². The Morgan fingerprint density at radius 1 is 0.308 bits per heavy atom. The molecule has 0 rings (SSSR count). The van der Waals surface area contributed by atoms with E-state index >= 15 is 0 Å². The molecule has 0 spiro atoms. The first kappa shape index (κ1) is 62.1. The zero-order valence-corrected chi connectivity index (χ0v) is 43.0. The highest BCUT2D eigenvalue weighted by Crippen LogP contribution is 2.15. The molecule has 0 N–H and O–H groups in total. The minimum Gasteiger partial charge on any atom is -0.462 e. The summed E-state index contributed by atoms with van der Waals surface area (Å²) in [6.45, 7) is 6.57. The van der Waals surface area contributed by atoms with Crippen LogP contribution in [0.25, 0.3) is 0 Å². The number of carbonyl (C=O) groups excluding carboxylic acids is 3. The average Bonchev–Trinajstić information content (AvgIpc) is 3.30. The summed E-state index contributed by atoms with van der Waals surface area (Å²) in [6.07, 6.45) is 66.3. The van der Waals surface area contributed by atoms with Crippen LogP contribution in [0.3, 0.4) is 0 Å². The van der Waals surface area contributed by atoms with Crippen molar-refractivity contribution in [3.63, 3.8) is 0 Å². The predicted octanol–water partition coefficient (Wildman–Crippen LogP) is 18.4. The summed E-state index contributed by atoms with van der Waals surface area (Å²) in [5.41, 5.74) is 0. The van der Waals surface area contributed by atoms with E-state index in [-0.39, 0.29) is 31.1 Å². The van der Waals surface area contributed by atoms with E-state index in [4.69, 9.17) is 14.2 Å². The zero-order chi connectivity index (χ0) is 47.2. The number of esters is 3. The second-order valence-electron chi connectivity index (χ2n) is 18.5. The van der Waals surface area contributed by atoms with Crippen molar-refractivity contribution in [3.8, 4) is 0 Å². The highest BCUT2D eigenvalue weighted by atomic mass is 16.6. The molecule has 65 heavy (non-hydrogen) atoms. The topological polar surface area (TPSA) is 78.9 Å². The van der Waals surface area contributed by atoms with Gasteiger partial charge in [-0.05, 0) is 109 Å². The molecule has 376 valence electrons. The molecule has 0 aromatic rings. The van der Waals surface area contributed by atoms with Crippen molar-refractivity contribution < 1.29 is 28.6 Å². The Labute approximate surface area is 402 Å². The first-order chi connectivity index (χ1) is 32.0. The van der Waals surface area contributed by atoms with Gasteiger partial charge in [-0.2, -0.15) is 0 Å². The number of rotatable bonds is 50. The van der Waals surface area contributed by atoms with Crippen molar-refractivity contribution in [2.24, 2.45) is 0 Å². The van der Waals surface area contributed by atoms with Crippen molar-refractivity contribution in [2.75, 3.05) is 13.2 Å². The Kier molecular flexibility index (Phi) is 51.3. The Bertz CT molecular complexity index is 1180. The smallest absolute Gasteiger partial charge is 0.306 e. The lowest BCUT2D eigenvalue weighted by molar-refractivity contribution is -0.167. The van der Waals surface area contributed by atoms with Gasteiger partial charge in [-0.1, -0.05) is 210 Å².